The molecule has 27 heavy (non-hydrogen) atoms. The van der Waals surface area contributed by atoms with Crippen molar-refractivity contribution >= 4 is 17.5 Å². The maximum Gasteiger partial charge on any atom is 0.277 e. The molecule has 0 bridgehead atoms. The van der Waals surface area contributed by atoms with Gasteiger partial charge in [-0.3, -0.25) is 4.79 Å². The third kappa shape index (κ3) is 4.31. The molecule has 3 aromatic rings. The lowest BCUT2D eigenvalue weighted by Gasteiger charge is -2.07. The monoisotopic (exact) mass is 384 g/mol. The summed E-state index contributed by atoms with van der Waals surface area (Å²) >= 11 is 1.21. The summed E-state index contributed by atoms with van der Waals surface area (Å²) in [5.41, 5.74) is 3.60. The second-order valence-electron chi connectivity index (χ2n) is 5.95. The van der Waals surface area contributed by atoms with Crippen LogP contribution in [0.15, 0.2) is 46.0 Å². The maximum absolute atomic E-state index is 12.4. The van der Waals surface area contributed by atoms with Gasteiger partial charge in [0.05, 0.1) is 25.5 Å². The molecule has 0 saturated carbocycles. The smallest absolute Gasteiger partial charge is 0.277 e. The van der Waals surface area contributed by atoms with Crippen molar-refractivity contribution in [1.82, 2.24) is 10.2 Å². The standard InChI is InChI=1S/C20H20N2O4S/c1-12-5-6-14(9-13(12)2)17(23)11-27-20-22-21-19(26-20)16-8-7-15(24-3)10-18(16)25-4/h5-10H,11H2,1-4H3. The summed E-state index contributed by atoms with van der Waals surface area (Å²) in [5.74, 6) is 1.81. The topological polar surface area (TPSA) is 74.5 Å². The van der Waals surface area contributed by atoms with Gasteiger partial charge in [-0.25, -0.2) is 0 Å². The van der Waals surface area contributed by atoms with Crippen molar-refractivity contribution in [1.29, 1.82) is 0 Å². The van der Waals surface area contributed by atoms with Crippen LogP contribution in [0.2, 0.25) is 0 Å². The zero-order valence-corrected chi connectivity index (χ0v) is 16.4. The average Bonchev–Trinajstić information content (AvgIpc) is 3.16. The molecule has 0 aliphatic carbocycles. The summed E-state index contributed by atoms with van der Waals surface area (Å²) in [4.78, 5) is 12.4. The molecule has 0 aliphatic rings. The predicted molar refractivity (Wildman–Crippen MR) is 104 cm³/mol. The number of hydrogen-bond donors (Lipinski definition) is 0. The fraction of sp³-hybridized carbons (Fsp3) is 0.250. The number of ether oxygens (including phenoxy) is 2. The molecule has 0 unspecified atom stereocenters. The summed E-state index contributed by atoms with van der Waals surface area (Å²) < 4.78 is 16.2. The van der Waals surface area contributed by atoms with E-state index in [1.165, 1.54) is 11.8 Å². The highest BCUT2D eigenvalue weighted by Gasteiger charge is 2.16. The summed E-state index contributed by atoms with van der Waals surface area (Å²) in [6.45, 7) is 4.01. The molecule has 3 rings (SSSR count). The van der Waals surface area contributed by atoms with Crippen LogP contribution < -0.4 is 9.47 Å². The molecule has 0 saturated heterocycles. The van der Waals surface area contributed by atoms with Crippen LogP contribution in [0.4, 0.5) is 0 Å². The van der Waals surface area contributed by atoms with Crippen molar-refractivity contribution in [3.8, 4) is 23.0 Å². The summed E-state index contributed by atoms with van der Waals surface area (Å²) in [6, 6.07) is 11.0. The largest absolute Gasteiger partial charge is 0.497 e. The number of hydrogen-bond acceptors (Lipinski definition) is 7. The third-order valence-corrected chi connectivity index (χ3v) is 5.02. The van der Waals surface area contributed by atoms with Gasteiger partial charge >= 0.3 is 0 Å². The third-order valence-electron chi connectivity index (χ3n) is 4.20. The normalized spacial score (nSPS) is 10.7. The van der Waals surface area contributed by atoms with Gasteiger partial charge in [0.25, 0.3) is 11.1 Å². The second-order valence-corrected chi connectivity index (χ2v) is 6.88. The Kier molecular flexibility index (Phi) is 5.81. The lowest BCUT2D eigenvalue weighted by Crippen LogP contribution is -2.03. The molecule has 6 nitrogen and oxygen atoms in total. The number of Topliss-reactive ketones (excluding diaryl/α,β-unsaturated/α-hetero) is 1. The van der Waals surface area contributed by atoms with E-state index in [0.29, 0.717) is 33.7 Å². The number of aryl methyl sites for hydroxylation is 2. The summed E-state index contributed by atoms with van der Waals surface area (Å²) in [5, 5.41) is 8.41. The van der Waals surface area contributed by atoms with E-state index in [1.54, 1.807) is 32.4 Å². The number of rotatable bonds is 7. The molecule has 0 fully saturated rings. The Morgan fingerprint density at radius 1 is 1.04 bits per heavy atom. The average molecular weight is 384 g/mol. The van der Waals surface area contributed by atoms with Gasteiger partial charge in [-0.15, -0.1) is 10.2 Å². The molecular formula is C20H20N2O4S. The van der Waals surface area contributed by atoms with E-state index >= 15 is 0 Å². The summed E-state index contributed by atoms with van der Waals surface area (Å²) in [7, 11) is 3.15. The Hall–Kier alpha value is -2.80. The number of carbonyl (C=O) groups excluding carboxylic acids is 1. The highest BCUT2D eigenvalue weighted by molar-refractivity contribution is 7.99. The fourth-order valence-corrected chi connectivity index (χ4v) is 3.14. The van der Waals surface area contributed by atoms with Crippen LogP contribution in [0.5, 0.6) is 11.5 Å². The van der Waals surface area contributed by atoms with Crippen LogP contribution in [-0.2, 0) is 0 Å². The van der Waals surface area contributed by atoms with Crippen LogP contribution in [0.1, 0.15) is 21.5 Å². The van der Waals surface area contributed by atoms with Crippen molar-refractivity contribution < 1.29 is 18.7 Å². The predicted octanol–water partition coefficient (Wildman–Crippen LogP) is 4.35. The molecule has 0 atom stereocenters. The van der Waals surface area contributed by atoms with Gasteiger partial charge in [-0.1, -0.05) is 23.9 Å². The maximum atomic E-state index is 12.4. The second kappa shape index (κ2) is 8.26. The van der Waals surface area contributed by atoms with E-state index in [0.717, 1.165) is 11.1 Å². The molecule has 7 heteroatoms. The van der Waals surface area contributed by atoms with Crippen LogP contribution in [-0.4, -0.2) is 36.0 Å². The molecule has 0 amide bonds. The molecule has 1 heterocycles. The van der Waals surface area contributed by atoms with Crippen molar-refractivity contribution in [3.05, 3.63) is 53.1 Å². The van der Waals surface area contributed by atoms with Crippen LogP contribution in [0.3, 0.4) is 0 Å². The van der Waals surface area contributed by atoms with Gasteiger partial charge in [-0.05, 0) is 43.2 Å². The first kappa shape index (κ1) is 19.0. The van der Waals surface area contributed by atoms with Crippen LogP contribution in [0, 0.1) is 13.8 Å². The molecule has 0 aliphatic heterocycles. The van der Waals surface area contributed by atoms with Crippen molar-refractivity contribution in [2.24, 2.45) is 0 Å². The SMILES string of the molecule is COc1ccc(-c2nnc(SCC(=O)c3ccc(C)c(C)c3)o2)c(OC)c1. The van der Waals surface area contributed by atoms with E-state index in [-0.39, 0.29) is 11.5 Å². The first-order valence-electron chi connectivity index (χ1n) is 8.31. The number of nitrogens with zero attached hydrogens (tertiary/aromatic N) is 2. The Labute approximate surface area is 161 Å². The van der Waals surface area contributed by atoms with E-state index in [2.05, 4.69) is 10.2 Å². The van der Waals surface area contributed by atoms with Gasteiger partial charge < -0.3 is 13.9 Å². The van der Waals surface area contributed by atoms with Gasteiger partial charge in [0.1, 0.15) is 11.5 Å². The minimum absolute atomic E-state index is 0.0184. The van der Waals surface area contributed by atoms with Gasteiger partial charge in [0.2, 0.25) is 0 Å². The number of thioether (sulfide) groups is 1. The number of methoxy groups -OCH3 is 2. The Balaban J connectivity index is 1.71. The van der Waals surface area contributed by atoms with Gasteiger partial charge in [0, 0.05) is 11.6 Å². The van der Waals surface area contributed by atoms with E-state index in [4.69, 9.17) is 13.9 Å². The highest BCUT2D eigenvalue weighted by atomic mass is 32.2. The lowest BCUT2D eigenvalue weighted by atomic mass is 10.0. The molecular weight excluding hydrogens is 364 g/mol. The number of ketones is 1. The first-order valence-corrected chi connectivity index (χ1v) is 9.29. The quantitative estimate of drug-likeness (QED) is 0.443. The van der Waals surface area contributed by atoms with Crippen LogP contribution >= 0.6 is 11.8 Å². The minimum atomic E-state index is 0.0184. The summed E-state index contributed by atoms with van der Waals surface area (Å²) in [6.07, 6.45) is 0. The van der Waals surface area contributed by atoms with E-state index in [9.17, 15) is 4.79 Å². The van der Waals surface area contributed by atoms with Gasteiger partial charge in [-0.2, -0.15) is 0 Å². The Morgan fingerprint density at radius 2 is 1.85 bits per heavy atom. The van der Waals surface area contributed by atoms with Gasteiger partial charge in [0.15, 0.2) is 5.78 Å². The number of carbonyl (C=O) groups is 1. The zero-order chi connectivity index (χ0) is 19.4. The van der Waals surface area contributed by atoms with E-state index in [1.807, 2.05) is 32.0 Å². The molecule has 2 aromatic carbocycles. The molecule has 0 N–H and O–H groups in total. The molecule has 0 spiro atoms. The first-order chi connectivity index (χ1) is 13.0. The number of benzene rings is 2. The number of aromatic nitrogens is 2. The highest BCUT2D eigenvalue weighted by Crippen LogP contribution is 2.33. The van der Waals surface area contributed by atoms with Crippen molar-refractivity contribution in [3.63, 3.8) is 0 Å². The van der Waals surface area contributed by atoms with E-state index < -0.39 is 0 Å². The molecule has 0 radical (unpaired) electrons. The van der Waals surface area contributed by atoms with Crippen molar-refractivity contribution in [2.75, 3.05) is 20.0 Å². The fourth-order valence-electron chi connectivity index (χ4n) is 2.48. The Morgan fingerprint density at radius 3 is 2.56 bits per heavy atom. The van der Waals surface area contributed by atoms with Crippen LogP contribution in [0.25, 0.3) is 11.5 Å². The lowest BCUT2D eigenvalue weighted by molar-refractivity contribution is 0.102. The van der Waals surface area contributed by atoms with Crippen molar-refractivity contribution in [2.45, 2.75) is 19.1 Å². The zero-order valence-electron chi connectivity index (χ0n) is 15.6. The Bertz CT molecular complexity index is 968. The molecule has 1 aromatic heterocycles. The minimum Gasteiger partial charge on any atom is -0.497 e. The molecule has 140 valence electrons.